The van der Waals surface area contributed by atoms with Crippen LogP contribution in [0.15, 0.2) is 35.2 Å². The third kappa shape index (κ3) is 4.57. The average Bonchev–Trinajstić information content (AvgIpc) is 2.81. The Kier molecular flexibility index (Phi) is 7.00. The molecule has 34 heavy (non-hydrogen) atoms. The van der Waals surface area contributed by atoms with E-state index in [1.54, 1.807) is 19.1 Å². The summed E-state index contributed by atoms with van der Waals surface area (Å²) in [6, 6.07) is 8.35. The van der Waals surface area contributed by atoms with Gasteiger partial charge >= 0.3 is 5.97 Å². The van der Waals surface area contributed by atoms with Crippen LogP contribution >= 0.6 is 23.2 Å². The number of nitrogens with zero attached hydrogens (tertiary/aromatic N) is 4. The van der Waals surface area contributed by atoms with Crippen LogP contribution in [0.3, 0.4) is 0 Å². The highest BCUT2D eigenvalue weighted by Crippen LogP contribution is 2.32. The molecule has 0 unspecified atom stereocenters. The van der Waals surface area contributed by atoms with E-state index in [2.05, 4.69) is 4.98 Å². The SMILES string of the molecule is CCOC(=O)c1nc2cc(C)c(C)cc2nc1N1CCN(S(=O)(=O)c2cccc(Cl)c2Cl)CC1. The van der Waals surface area contributed by atoms with E-state index in [1.807, 2.05) is 30.9 Å². The zero-order valence-electron chi connectivity index (χ0n) is 19.0. The normalized spacial score (nSPS) is 15.0. The Morgan fingerprint density at radius 3 is 2.26 bits per heavy atom. The van der Waals surface area contributed by atoms with Crippen LogP contribution in [0.5, 0.6) is 0 Å². The molecule has 11 heteroatoms. The van der Waals surface area contributed by atoms with E-state index < -0.39 is 16.0 Å². The summed E-state index contributed by atoms with van der Waals surface area (Å²) in [7, 11) is -3.84. The van der Waals surface area contributed by atoms with Gasteiger partial charge in [0.25, 0.3) is 0 Å². The van der Waals surface area contributed by atoms with E-state index in [0.717, 1.165) is 11.1 Å². The lowest BCUT2D eigenvalue weighted by molar-refractivity contribution is 0.0520. The number of carbonyl (C=O) groups excluding carboxylic acids is 1. The highest BCUT2D eigenvalue weighted by molar-refractivity contribution is 7.89. The fourth-order valence-electron chi connectivity index (χ4n) is 3.82. The smallest absolute Gasteiger partial charge is 0.360 e. The maximum atomic E-state index is 13.2. The number of fused-ring (bicyclic) bond motifs is 1. The Morgan fingerprint density at radius 2 is 1.65 bits per heavy atom. The van der Waals surface area contributed by atoms with Crippen LogP contribution in [0.4, 0.5) is 5.82 Å². The minimum atomic E-state index is -3.84. The summed E-state index contributed by atoms with van der Waals surface area (Å²) >= 11 is 12.2. The number of halogens is 2. The van der Waals surface area contributed by atoms with E-state index in [9.17, 15) is 13.2 Å². The van der Waals surface area contributed by atoms with Gasteiger partial charge in [0.15, 0.2) is 11.5 Å². The van der Waals surface area contributed by atoms with Gasteiger partial charge in [-0.25, -0.2) is 23.2 Å². The van der Waals surface area contributed by atoms with E-state index in [1.165, 1.54) is 10.4 Å². The van der Waals surface area contributed by atoms with Gasteiger partial charge in [-0.15, -0.1) is 0 Å². The molecule has 1 saturated heterocycles. The quantitative estimate of drug-likeness (QED) is 0.462. The molecule has 1 aliphatic rings. The lowest BCUT2D eigenvalue weighted by Crippen LogP contribution is -2.49. The van der Waals surface area contributed by atoms with E-state index in [-0.39, 0.29) is 40.3 Å². The predicted molar refractivity (Wildman–Crippen MR) is 132 cm³/mol. The number of esters is 1. The van der Waals surface area contributed by atoms with Crippen molar-refractivity contribution in [3.63, 3.8) is 0 Å². The molecule has 0 N–H and O–H groups in total. The molecule has 0 radical (unpaired) electrons. The lowest BCUT2D eigenvalue weighted by Gasteiger charge is -2.35. The van der Waals surface area contributed by atoms with E-state index in [4.69, 9.17) is 32.9 Å². The van der Waals surface area contributed by atoms with Gasteiger partial charge in [0.1, 0.15) is 4.90 Å². The highest BCUT2D eigenvalue weighted by Gasteiger charge is 2.33. The molecule has 3 aromatic rings. The topological polar surface area (TPSA) is 92.7 Å². The number of sulfonamides is 1. The first-order valence-corrected chi connectivity index (χ1v) is 13.0. The molecule has 2 heterocycles. The second-order valence-corrected chi connectivity index (χ2v) is 10.7. The molecular weight excluding hydrogens is 499 g/mol. The minimum absolute atomic E-state index is 0.00209. The summed E-state index contributed by atoms with van der Waals surface area (Å²) in [4.78, 5) is 23.8. The van der Waals surface area contributed by atoms with Gasteiger partial charge in [-0.05, 0) is 56.2 Å². The average molecular weight is 523 g/mol. The molecule has 0 spiro atoms. The zero-order valence-corrected chi connectivity index (χ0v) is 21.3. The van der Waals surface area contributed by atoms with Gasteiger partial charge in [0.05, 0.1) is 27.7 Å². The molecule has 0 aliphatic carbocycles. The Morgan fingerprint density at radius 1 is 1.03 bits per heavy atom. The molecule has 2 aromatic carbocycles. The van der Waals surface area contributed by atoms with Crippen molar-refractivity contribution >= 4 is 56.0 Å². The first-order valence-electron chi connectivity index (χ1n) is 10.8. The molecular formula is C23H24Cl2N4O4S. The Bertz CT molecular complexity index is 1370. The molecule has 1 fully saturated rings. The van der Waals surface area contributed by atoms with Gasteiger partial charge in [-0.2, -0.15) is 4.31 Å². The Balaban J connectivity index is 1.66. The zero-order chi connectivity index (χ0) is 24.6. The van der Waals surface area contributed by atoms with Crippen LogP contribution in [0, 0.1) is 13.8 Å². The van der Waals surface area contributed by atoms with Crippen molar-refractivity contribution < 1.29 is 17.9 Å². The van der Waals surface area contributed by atoms with Crippen LogP contribution < -0.4 is 4.90 Å². The first-order chi connectivity index (χ1) is 16.1. The van der Waals surface area contributed by atoms with Crippen LogP contribution in [0.1, 0.15) is 28.5 Å². The number of aromatic nitrogens is 2. The fourth-order valence-corrected chi connectivity index (χ4v) is 5.98. The summed E-state index contributed by atoms with van der Waals surface area (Å²) in [5.41, 5.74) is 3.49. The Hall–Kier alpha value is -2.46. The maximum Gasteiger partial charge on any atom is 0.360 e. The second-order valence-electron chi connectivity index (χ2n) is 7.98. The molecule has 4 rings (SSSR count). The molecule has 0 amide bonds. The van der Waals surface area contributed by atoms with Crippen LogP contribution in [-0.2, 0) is 14.8 Å². The predicted octanol–water partition coefficient (Wildman–Crippen LogP) is 4.24. The molecule has 8 nitrogen and oxygen atoms in total. The molecule has 0 bridgehead atoms. The summed E-state index contributed by atoms with van der Waals surface area (Å²) in [6.45, 7) is 6.88. The number of piperazine rings is 1. The summed E-state index contributed by atoms with van der Waals surface area (Å²) in [6.07, 6.45) is 0. The highest BCUT2D eigenvalue weighted by atomic mass is 35.5. The summed E-state index contributed by atoms with van der Waals surface area (Å²) in [5.74, 6) is -0.182. The van der Waals surface area contributed by atoms with Gasteiger partial charge in [-0.3, -0.25) is 0 Å². The molecule has 0 saturated carbocycles. The van der Waals surface area contributed by atoms with Crippen molar-refractivity contribution in [2.24, 2.45) is 0 Å². The van der Waals surface area contributed by atoms with Gasteiger partial charge in [0, 0.05) is 26.2 Å². The number of ether oxygens (including phenoxy) is 1. The third-order valence-corrected chi connectivity index (χ3v) is 8.67. The minimum Gasteiger partial charge on any atom is -0.461 e. The monoisotopic (exact) mass is 522 g/mol. The van der Waals surface area contributed by atoms with Gasteiger partial charge in [-0.1, -0.05) is 29.3 Å². The molecule has 180 valence electrons. The van der Waals surface area contributed by atoms with Gasteiger partial charge in [0.2, 0.25) is 10.0 Å². The number of carbonyl (C=O) groups is 1. The lowest BCUT2D eigenvalue weighted by atomic mass is 10.1. The number of anilines is 1. The first kappa shape index (κ1) is 24.7. The van der Waals surface area contributed by atoms with Crippen molar-refractivity contribution in [1.29, 1.82) is 0 Å². The summed E-state index contributed by atoms with van der Waals surface area (Å²) in [5, 5.41) is 0.180. The van der Waals surface area contributed by atoms with Crippen molar-refractivity contribution in [3.05, 3.63) is 57.2 Å². The van der Waals surface area contributed by atoms with Crippen LogP contribution in [0.2, 0.25) is 10.0 Å². The number of aryl methyl sites for hydroxylation is 2. The van der Waals surface area contributed by atoms with Crippen molar-refractivity contribution in [2.45, 2.75) is 25.7 Å². The third-order valence-electron chi connectivity index (χ3n) is 5.80. The second kappa shape index (κ2) is 9.65. The standard InChI is InChI=1S/C23H24Cl2N4O4S/c1-4-33-23(30)21-22(27-18-13-15(3)14(2)12-17(18)26-21)28-8-10-29(11-9-28)34(31,32)19-7-5-6-16(24)20(19)25/h5-7,12-13H,4,8-11H2,1-3H3. The van der Waals surface area contributed by atoms with Crippen molar-refractivity contribution in [2.75, 3.05) is 37.7 Å². The molecule has 0 atom stereocenters. The maximum absolute atomic E-state index is 13.2. The number of hydrogen-bond acceptors (Lipinski definition) is 7. The fraction of sp³-hybridized carbons (Fsp3) is 0.348. The van der Waals surface area contributed by atoms with Crippen LogP contribution in [0.25, 0.3) is 11.0 Å². The number of hydrogen-bond donors (Lipinski definition) is 0. The van der Waals surface area contributed by atoms with E-state index >= 15 is 0 Å². The number of rotatable bonds is 5. The molecule has 1 aromatic heterocycles. The largest absolute Gasteiger partial charge is 0.461 e. The van der Waals surface area contributed by atoms with Gasteiger partial charge < -0.3 is 9.64 Å². The van der Waals surface area contributed by atoms with Crippen molar-refractivity contribution in [3.8, 4) is 0 Å². The molecule has 1 aliphatic heterocycles. The van der Waals surface area contributed by atoms with Crippen molar-refractivity contribution in [1.82, 2.24) is 14.3 Å². The van der Waals surface area contributed by atoms with Crippen LogP contribution in [-0.4, -0.2) is 61.4 Å². The summed E-state index contributed by atoms with van der Waals surface area (Å²) < 4.78 is 32.9. The number of benzene rings is 2. The Labute approximate surface area is 208 Å². The van der Waals surface area contributed by atoms with E-state index in [0.29, 0.717) is 29.9 Å².